The number of hydrogen-bond acceptors (Lipinski definition) is 4. The third-order valence-corrected chi connectivity index (χ3v) is 4.40. The van der Waals surface area contributed by atoms with Crippen LogP contribution in [0, 0.1) is 11.3 Å². The Bertz CT molecular complexity index is 681. The predicted molar refractivity (Wildman–Crippen MR) is 70.0 cm³/mol. The summed E-state index contributed by atoms with van der Waals surface area (Å²) >= 11 is 5.77. The number of benzene rings is 1. The lowest BCUT2D eigenvalue weighted by Crippen LogP contribution is -2.32. The minimum Gasteiger partial charge on any atom is -0.310 e. The van der Waals surface area contributed by atoms with E-state index in [4.69, 9.17) is 22.0 Å². The SMILES string of the molecule is N#Cc1cc(Cl)ccc1N1CC(S(N)(=O)=O)CC1=O. The molecule has 0 radical (unpaired) electrons. The van der Waals surface area contributed by atoms with Crippen molar-refractivity contribution in [3.8, 4) is 6.07 Å². The lowest BCUT2D eigenvalue weighted by Gasteiger charge is -2.17. The highest BCUT2D eigenvalue weighted by molar-refractivity contribution is 7.89. The van der Waals surface area contributed by atoms with Crippen molar-refractivity contribution in [2.75, 3.05) is 11.4 Å². The van der Waals surface area contributed by atoms with Crippen LogP contribution in [0.5, 0.6) is 0 Å². The summed E-state index contributed by atoms with van der Waals surface area (Å²) in [5.74, 6) is -0.377. The first-order chi connectivity index (χ1) is 8.82. The van der Waals surface area contributed by atoms with E-state index in [1.807, 2.05) is 6.07 Å². The molecule has 2 rings (SSSR count). The molecule has 0 spiro atoms. The van der Waals surface area contributed by atoms with E-state index in [9.17, 15) is 13.2 Å². The summed E-state index contributed by atoms with van der Waals surface area (Å²) in [6.45, 7) is -0.0476. The number of sulfonamides is 1. The first-order valence-corrected chi connectivity index (χ1v) is 7.33. The van der Waals surface area contributed by atoms with Gasteiger partial charge in [0.15, 0.2) is 0 Å². The first kappa shape index (κ1) is 13.8. The van der Waals surface area contributed by atoms with E-state index >= 15 is 0 Å². The summed E-state index contributed by atoms with van der Waals surface area (Å²) in [6, 6.07) is 6.41. The number of nitriles is 1. The highest BCUT2D eigenvalue weighted by Crippen LogP contribution is 2.29. The molecule has 1 aliphatic rings. The monoisotopic (exact) mass is 299 g/mol. The zero-order valence-electron chi connectivity index (χ0n) is 9.71. The Morgan fingerprint density at radius 1 is 1.47 bits per heavy atom. The zero-order chi connectivity index (χ0) is 14.2. The second-order valence-corrected chi connectivity index (χ2v) is 6.47. The molecule has 1 heterocycles. The number of nitrogens with two attached hydrogens (primary N) is 1. The van der Waals surface area contributed by atoms with Crippen molar-refractivity contribution >= 4 is 33.2 Å². The van der Waals surface area contributed by atoms with Gasteiger partial charge in [-0.15, -0.1) is 0 Å². The molecule has 0 aromatic heterocycles. The molecule has 6 nitrogen and oxygen atoms in total. The van der Waals surface area contributed by atoms with E-state index in [1.54, 1.807) is 0 Å². The van der Waals surface area contributed by atoms with Gasteiger partial charge in [0.1, 0.15) is 11.3 Å². The van der Waals surface area contributed by atoms with Gasteiger partial charge < -0.3 is 4.90 Å². The van der Waals surface area contributed by atoms with E-state index in [2.05, 4.69) is 0 Å². The second kappa shape index (κ2) is 4.81. The molecular weight excluding hydrogens is 290 g/mol. The van der Waals surface area contributed by atoms with Crippen molar-refractivity contribution in [2.45, 2.75) is 11.7 Å². The number of rotatable bonds is 2. The van der Waals surface area contributed by atoms with Crippen LogP contribution in [-0.4, -0.2) is 26.1 Å². The van der Waals surface area contributed by atoms with Crippen molar-refractivity contribution in [2.24, 2.45) is 5.14 Å². The van der Waals surface area contributed by atoms with Crippen LogP contribution in [0.15, 0.2) is 18.2 Å². The number of halogens is 1. The fourth-order valence-corrected chi connectivity index (χ4v) is 2.86. The molecule has 1 fully saturated rings. The largest absolute Gasteiger partial charge is 0.310 e. The summed E-state index contributed by atoms with van der Waals surface area (Å²) in [7, 11) is -3.78. The zero-order valence-corrected chi connectivity index (χ0v) is 11.3. The predicted octanol–water partition coefficient (Wildman–Crippen LogP) is 0.605. The lowest BCUT2D eigenvalue weighted by molar-refractivity contribution is -0.117. The van der Waals surface area contributed by atoms with Gasteiger partial charge in [-0.2, -0.15) is 5.26 Å². The van der Waals surface area contributed by atoms with Crippen molar-refractivity contribution < 1.29 is 13.2 Å². The molecule has 1 unspecified atom stereocenters. The van der Waals surface area contributed by atoms with Crippen molar-refractivity contribution in [1.29, 1.82) is 5.26 Å². The fourth-order valence-electron chi connectivity index (χ4n) is 1.96. The Morgan fingerprint density at radius 2 is 2.16 bits per heavy atom. The number of anilines is 1. The Labute approximate surface area is 115 Å². The van der Waals surface area contributed by atoms with E-state index in [1.165, 1.54) is 23.1 Å². The average molecular weight is 300 g/mol. The van der Waals surface area contributed by atoms with Crippen LogP contribution < -0.4 is 10.0 Å². The molecule has 1 atom stereocenters. The van der Waals surface area contributed by atoms with Crippen LogP contribution in [-0.2, 0) is 14.8 Å². The first-order valence-electron chi connectivity index (χ1n) is 5.34. The molecule has 1 aliphatic heterocycles. The number of primary sulfonamides is 1. The number of carbonyl (C=O) groups is 1. The van der Waals surface area contributed by atoms with Gasteiger partial charge in [0.2, 0.25) is 15.9 Å². The fraction of sp³-hybridized carbons (Fsp3) is 0.273. The summed E-state index contributed by atoms with van der Waals surface area (Å²) in [5.41, 5.74) is 0.568. The number of nitrogens with zero attached hydrogens (tertiary/aromatic N) is 2. The van der Waals surface area contributed by atoms with Crippen LogP contribution in [0.4, 0.5) is 5.69 Å². The van der Waals surface area contributed by atoms with Crippen LogP contribution in [0.1, 0.15) is 12.0 Å². The minimum atomic E-state index is -3.78. The van der Waals surface area contributed by atoms with E-state index < -0.39 is 15.3 Å². The minimum absolute atomic E-state index is 0.0476. The van der Waals surface area contributed by atoms with Crippen molar-refractivity contribution in [3.05, 3.63) is 28.8 Å². The van der Waals surface area contributed by atoms with Gasteiger partial charge in [0.25, 0.3) is 0 Å². The normalized spacial score (nSPS) is 19.5. The van der Waals surface area contributed by atoms with Gasteiger partial charge in [-0.25, -0.2) is 13.6 Å². The third kappa shape index (κ3) is 2.71. The van der Waals surface area contributed by atoms with E-state index in [0.29, 0.717) is 10.7 Å². The Balaban J connectivity index is 2.39. The number of carbonyl (C=O) groups excluding carboxylic acids is 1. The Kier molecular flexibility index (Phi) is 3.49. The highest BCUT2D eigenvalue weighted by Gasteiger charge is 2.37. The summed E-state index contributed by atoms with van der Waals surface area (Å²) in [6.07, 6.45) is -0.174. The Morgan fingerprint density at radius 3 is 2.68 bits per heavy atom. The molecule has 1 aromatic carbocycles. The molecular formula is C11H10ClN3O3S. The van der Waals surface area contributed by atoms with Gasteiger partial charge in [-0.1, -0.05) is 11.6 Å². The molecule has 19 heavy (non-hydrogen) atoms. The maximum absolute atomic E-state index is 11.8. The van der Waals surface area contributed by atoms with Gasteiger partial charge >= 0.3 is 0 Å². The van der Waals surface area contributed by atoms with Crippen LogP contribution in [0.3, 0.4) is 0 Å². The van der Waals surface area contributed by atoms with Gasteiger partial charge in [0.05, 0.1) is 11.3 Å². The smallest absolute Gasteiger partial charge is 0.228 e. The molecule has 0 saturated carbocycles. The molecule has 2 N–H and O–H groups in total. The molecule has 8 heteroatoms. The van der Waals surface area contributed by atoms with Crippen molar-refractivity contribution in [1.82, 2.24) is 0 Å². The third-order valence-electron chi connectivity index (χ3n) is 2.92. The lowest BCUT2D eigenvalue weighted by atomic mass is 10.2. The van der Waals surface area contributed by atoms with E-state index in [-0.39, 0.29) is 24.4 Å². The van der Waals surface area contributed by atoms with Crippen LogP contribution in [0.2, 0.25) is 5.02 Å². The van der Waals surface area contributed by atoms with Crippen LogP contribution in [0.25, 0.3) is 0 Å². The van der Waals surface area contributed by atoms with E-state index in [0.717, 1.165) is 0 Å². The quantitative estimate of drug-likeness (QED) is 0.863. The maximum Gasteiger partial charge on any atom is 0.228 e. The summed E-state index contributed by atoms with van der Waals surface area (Å²) in [5, 5.41) is 13.5. The van der Waals surface area contributed by atoms with Crippen molar-refractivity contribution in [3.63, 3.8) is 0 Å². The average Bonchev–Trinajstić information content (AvgIpc) is 2.71. The molecule has 1 amide bonds. The Hall–Kier alpha value is -1.62. The molecule has 0 bridgehead atoms. The second-order valence-electron chi connectivity index (χ2n) is 4.19. The molecule has 1 aromatic rings. The molecule has 1 saturated heterocycles. The maximum atomic E-state index is 11.8. The molecule has 100 valence electrons. The van der Waals surface area contributed by atoms with Gasteiger partial charge in [0, 0.05) is 18.0 Å². The van der Waals surface area contributed by atoms with Gasteiger partial charge in [-0.3, -0.25) is 4.79 Å². The summed E-state index contributed by atoms with van der Waals surface area (Å²) < 4.78 is 22.6. The standard InChI is InChI=1S/C11H10ClN3O3S/c12-8-1-2-10(7(3-8)5-13)15-6-9(4-11(15)16)19(14,17)18/h1-3,9H,4,6H2,(H2,14,17,18). The highest BCUT2D eigenvalue weighted by atomic mass is 35.5. The number of amides is 1. The van der Waals surface area contributed by atoms with Crippen LogP contribution >= 0.6 is 11.6 Å². The molecule has 0 aliphatic carbocycles. The van der Waals surface area contributed by atoms with Gasteiger partial charge in [-0.05, 0) is 18.2 Å². The topological polar surface area (TPSA) is 104 Å². The summed E-state index contributed by atoms with van der Waals surface area (Å²) in [4.78, 5) is 13.1. The number of hydrogen-bond donors (Lipinski definition) is 1.